The maximum absolute atomic E-state index is 14.0. The summed E-state index contributed by atoms with van der Waals surface area (Å²) in [5.41, 5.74) is 2.56. The van der Waals surface area contributed by atoms with Gasteiger partial charge in [-0.3, -0.25) is 8.61 Å². The lowest BCUT2D eigenvalue weighted by atomic mass is 9.88. The molecule has 8 heteroatoms. The second-order valence-corrected chi connectivity index (χ2v) is 13.8. The van der Waals surface area contributed by atoms with E-state index in [9.17, 15) is 16.8 Å². The van der Waals surface area contributed by atoms with Crippen molar-refractivity contribution in [2.45, 2.75) is 100 Å². The molecule has 0 aromatic heterocycles. The fourth-order valence-corrected chi connectivity index (χ4v) is 8.66. The van der Waals surface area contributed by atoms with Gasteiger partial charge in [-0.2, -0.15) is 0 Å². The average molecular weight is 531 g/mol. The second-order valence-electron chi connectivity index (χ2n) is 10.1. The third-order valence-corrected chi connectivity index (χ3v) is 11.0. The Morgan fingerprint density at radius 1 is 0.722 bits per heavy atom. The molecule has 0 spiro atoms. The molecular formula is C28H38N2O4S2. The van der Waals surface area contributed by atoms with Crippen molar-refractivity contribution in [2.24, 2.45) is 0 Å². The Hall–Kier alpha value is -2.32. The van der Waals surface area contributed by atoms with E-state index in [2.05, 4.69) is 6.92 Å². The molecule has 0 N–H and O–H groups in total. The van der Waals surface area contributed by atoms with Crippen molar-refractivity contribution >= 4 is 20.0 Å². The van der Waals surface area contributed by atoms with Crippen LogP contribution in [0, 0.1) is 13.8 Å². The molecule has 0 bridgehead atoms. The van der Waals surface area contributed by atoms with Gasteiger partial charge in [0.1, 0.15) is 0 Å². The van der Waals surface area contributed by atoms with Crippen LogP contribution in [0.3, 0.4) is 0 Å². The summed E-state index contributed by atoms with van der Waals surface area (Å²) in [6.45, 7) is 5.99. The molecule has 1 aliphatic heterocycles. The topological polar surface area (TPSA) is 74.8 Å². The highest BCUT2D eigenvalue weighted by Gasteiger charge is 2.47. The monoisotopic (exact) mass is 530 g/mol. The van der Waals surface area contributed by atoms with Gasteiger partial charge in [0.15, 0.2) is 0 Å². The van der Waals surface area contributed by atoms with Crippen LogP contribution in [0.2, 0.25) is 0 Å². The van der Waals surface area contributed by atoms with Crippen LogP contribution in [0.5, 0.6) is 0 Å². The highest BCUT2D eigenvalue weighted by molar-refractivity contribution is 7.89. The molecule has 6 nitrogen and oxygen atoms in total. The first-order valence-electron chi connectivity index (χ1n) is 13.1. The molecule has 0 radical (unpaired) electrons. The van der Waals surface area contributed by atoms with Gasteiger partial charge in [0.25, 0.3) is 20.0 Å². The minimum atomic E-state index is -3.84. The summed E-state index contributed by atoms with van der Waals surface area (Å²) in [4.78, 5) is 0.501. The van der Waals surface area contributed by atoms with Crippen LogP contribution in [0.1, 0.15) is 75.8 Å². The smallest absolute Gasteiger partial charge is 0.264 e. The van der Waals surface area contributed by atoms with E-state index in [1.807, 2.05) is 26.0 Å². The van der Waals surface area contributed by atoms with Gasteiger partial charge in [0.2, 0.25) is 0 Å². The summed E-state index contributed by atoms with van der Waals surface area (Å²) in [6, 6.07) is 13.0. The van der Waals surface area contributed by atoms with Crippen LogP contribution >= 0.6 is 0 Å². The van der Waals surface area contributed by atoms with Crippen molar-refractivity contribution in [3.8, 4) is 0 Å². The fraction of sp³-hybridized carbons (Fsp3) is 0.500. The van der Waals surface area contributed by atoms with Gasteiger partial charge >= 0.3 is 0 Å². The lowest BCUT2D eigenvalue weighted by Gasteiger charge is -2.49. The summed E-state index contributed by atoms with van der Waals surface area (Å²) in [5, 5.41) is 0. The summed E-state index contributed by atoms with van der Waals surface area (Å²) in [6.07, 6.45) is 9.10. The molecule has 36 heavy (non-hydrogen) atoms. The van der Waals surface area contributed by atoms with E-state index in [1.54, 1.807) is 46.9 Å². The Morgan fingerprint density at radius 2 is 1.25 bits per heavy atom. The second kappa shape index (κ2) is 11.0. The van der Waals surface area contributed by atoms with Crippen molar-refractivity contribution in [2.75, 3.05) is 0 Å². The van der Waals surface area contributed by atoms with Crippen LogP contribution in [-0.2, 0) is 20.0 Å². The van der Waals surface area contributed by atoms with E-state index in [0.29, 0.717) is 25.0 Å². The van der Waals surface area contributed by atoms with E-state index in [1.165, 1.54) is 4.31 Å². The highest BCUT2D eigenvalue weighted by Crippen LogP contribution is 2.41. The van der Waals surface area contributed by atoms with Gasteiger partial charge in [-0.25, -0.2) is 16.8 Å². The minimum absolute atomic E-state index is 0.244. The number of sulfonamides is 2. The molecule has 0 amide bonds. The zero-order chi connectivity index (χ0) is 25.9. The van der Waals surface area contributed by atoms with Gasteiger partial charge in [0.05, 0.1) is 21.9 Å². The van der Waals surface area contributed by atoms with Gasteiger partial charge in [-0.1, -0.05) is 74.4 Å². The van der Waals surface area contributed by atoms with E-state index in [4.69, 9.17) is 0 Å². The molecule has 2 aromatic carbocycles. The van der Waals surface area contributed by atoms with E-state index >= 15 is 0 Å². The molecule has 1 aliphatic carbocycles. The predicted octanol–water partition coefficient (Wildman–Crippen LogP) is 6.12. The lowest BCUT2D eigenvalue weighted by molar-refractivity contribution is 0.161. The first-order chi connectivity index (χ1) is 17.2. The van der Waals surface area contributed by atoms with Crippen LogP contribution < -0.4 is 0 Å². The zero-order valence-corrected chi connectivity index (χ0v) is 23.2. The summed E-state index contributed by atoms with van der Waals surface area (Å²) in [5.74, 6) is 0. The maximum Gasteiger partial charge on any atom is 0.264 e. The van der Waals surface area contributed by atoms with Gasteiger partial charge in [-0.15, -0.1) is 0 Å². The molecule has 2 aliphatic rings. The van der Waals surface area contributed by atoms with Crippen LogP contribution in [0.4, 0.5) is 0 Å². The van der Waals surface area contributed by atoms with Crippen molar-refractivity contribution in [1.82, 2.24) is 8.61 Å². The van der Waals surface area contributed by atoms with Gasteiger partial charge in [-0.05, 0) is 63.8 Å². The normalized spacial score (nSPS) is 20.7. The molecule has 2 atom stereocenters. The number of aryl methyl sites for hydroxylation is 2. The fourth-order valence-electron chi connectivity index (χ4n) is 5.32. The van der Waals surface area contributed by atoms with E-state index in [0.717, 1.165) is 49.7 Å². The summed E-state index contributed by atoms with van der Waals surface area (Å²) >= 11 is 0. The van der Waals surface area contributed by atoms with Crippen LogP contribution in [-0.4, -0.2) is 37.5 Å². The number of rotatable bonds is 9. The predicted molar refractivity (Wildman–Crippen MR) is 143 cm³/mol. The number of hydrogen-bond donors (Lipinski definition) is 0. The quantitative estimate of drug-likeness (QED) is 0.366. The molecular weight excluding hydrogens is 492 g/mol. The molecule has 1 heterocycles. The highest BCUT2D eigenvalue weighted by atomic mass is 32.2. The van der Waals surface area contributed by atoms with E-state index < -0.39 is 32.1 Å². The molecule has 1 fully saturated rings. The van der Waals surface area contributed by atoms with Gasteiger partial charge < -0.3 is 0 Å². The number of fused-ring (bicyclic) bond motifs is 1. The zero-order valence-electron chi connectivity index (χ0n) is 21.6. The van der Waals surface area contributed by atoms with Crippen LogP contribution in [0.25, 0.3) is 0 Å². The van der Waals surface area contributed by atoms with Crippen LogP contribution in [0.15, 0.2) is 70.2 Å². The minimum Gasteiger partial charge on any atom is -0.266 e. The van der Waals surface area contributed by atoms with Crippen molar-refractivity contribution in [3.63, 3.8) is 0 Å². The number of unbranched alkanes of at least 4 members (excludes halogenated alkanes) is 3. The Balaban J connectivity index is 1.82. The first-order valence-corrected chi connectivity index (χ1v) is 16.0. The lowest BCUT2D eigenvalue weighted by Crippen LogP contribution is -2.58. The van der Waals surface area contributed by atoms with Crippen molar-refractivity contribution in [1.29, 1.82) is 0 Å². The maximum atomic E-state index is 14.0. The summed E-state index contributed by atoms with van der Waals surface area (Å²) < 4.78 is 58.8. The number of nitrogens with zero attached hydrogens (tertiary/aromatic N) is 2. The average Bonchev–Trinajstić information content (AvgIpc) is 2.86. The number of hydrogen-bond acceptors (Lipinski definition) is 4. The third-order valence-electron chi connectivity index (χ3n) is 7.34. The Labute approximate surface area is 217 Å². The largest absolute Gasteiger partial charge is 0.266 e. The molecule has 0 saturated heterocycles. The Morgan fingerprint density at radius 3 is 1.81 bits per heavy atom. The molecule has 196 valence electrons. The number of allylic oxidation sites excluding steroid dienone is 1. The van der Waals surface area contributed by atoms with Gasteiger partial charge in [0, 0.05) is 11.9 Å². The summed E-state index contributed by atoms with van der Waals surface area (Å²) in [7, 11) is -7.66. The molecule has 0 unspecified atom stereocenters. The van der Waals surface area contributed by atoms with Crippen molar-refractivity contribution < 1.29 is 16.8 Å². The molecule has 2 aromatic rings. The Kier molecular flexibility index (Phi) is 8.15. The first kappa shape index (κ1) is 26.7. The Bertz CT molecular complexity index is 1280. The van der Waals surface area contributed by atoms with Crippen molar-refractivity contribution in [3.05, 3.63) is 71.6 Å². The SMILES string of the molecule is CCCCCCC1=CN(S(=O)(=O)c2ccc(C)cc2)[C@@H]2CCCC[C@@H]2N1S(=O)(=O)c1ccc(C)cc1. The number of benzene rings is 2. The van der Waals surface area contributed by atoms with E-state index in [-0.39, 0.29) is 9.79 Å². The molecule has 1 saturated carbocycles. The third kappa shape index (κ3) is 5.35. The standard InChI is InChI=1S/C28H38N2O4S2/c1-4-5-6-7-10-24-21-29(35(31,32)25-17-13-22(2)14-18-25)27-11-8-9-12-28(27)30(24)36(33,34)26-19-15-23(3)16-20-26/h13-21,27-28H,4-12H2,1-3H3/t27-,28+/m1/s1. The molecule has 4 rings (SSSR count).